The molecule has 7 nitrogen and oxygen atoms in total. The minimum atomic E-state index is -0.372. The first-order chi connectivity index (χ1) is 16.4. The molecule has 0 N–H and O–H groups in total. The van der Waals surface area contributed by atoms with Crippen LogP contribution in [0.5, 0.6) is 11.6 Å². The van der Waals surface area contributed by atoms with Gasteiger partial charge in [-0.2, -0.15) is 0 Å². The summed E-state index contributed by atoms with van der Waals surface area (Å²) in [6.07, 6.45) is 5.37. The molecule has 1 aliphatic rings. The van der Waals surface area contributed by atoms with Crippen LogP contribution in [0.4, 0.5) is 4.39 Å². The molecule has 0 radical (unpaired) electrons. The molecule has 0 unspecified atom stereocenters. The lowest BCUT2D eigenvalue weighted by Crippen LogP contribution is -2.42. The van der Waals surface area contributed by atoms with E-state index in [1.54, 1.807) is 35.2 Å². The lowest BCUT2D eigenvalue weighted by Gasteiger charge is -2.35. The maximum Gasteiger partial charge on any atom is 0.261 e. The van der Waals surface area contributed by atoms with Gasteiger partial charge >= 0.3 is 0 Å². The average Bonchev–Trinajstić information content (AvgIpc) is 2.84. The third-order valence-electron chi connectivity index (χ3n) is 6.62. The third kappa shape index (κ3) is 4.25. The van der Waals surface area contributed by atoms with Gasteiger partial charge in [-0.05, 0) is 70.3 Å². The zero-order valence-corrected chi connectivity index (χ0v) is 19.7. The van der Waals surface area contributed by atoms with Crippen molar-refractivity contribution in [2.24, 2.45) is 5.92 Å². The Labute approximate surface area is 197 Å². The fourth-order valence-electron chi connectivity index (χ4n) is 4.77. The van der Waals surface area contributed by atoms with Crippen molar-refractivity contribution in [3.8, 4) is 11.6 Å². The van der Waals surface area contributed by atoms with Crippen molar-refractivity contribution in [3.05, 3.63) is 64.7 Å². The summed E-state index contributed by atoms with van der Waals surface area (Å²) >= 11 is 0. The molecule has 0 spiro atoms. The molecule has 34 heavy (non-hydrogen) atoms. The number of ether oxygens (including phenoxy) is 1. The van der Waals surface area contributed by atoms with Gasteiger partial charge < -0.3 is 9.64 Å². The molecule has 0 saturated carbocycles. The number of aryl methyl sites for hydroxylation is 1. The van der Waals surface area contributed by atoms with Crippen LogP contribution >= 0.6 is 0 Å². The molecule has 0 amide bonds. The van der Waals surface area contributed by atoms with E-state index in [9.17, 15) is 9.18 Å². The number of benzene rings is 1. The second-order valence-electron chi connectivity index (χ2n) is 9.26. The van der Waals surface area contributed by atoms with Crippen molar-refractivity contribution in [1.29, 1.82) is 0 Å². The van der Waals surface area contributed by atoms with E-state index in [0.717, 1.165) is 25.9 Å². The summed E-state index contributed by atoms with van der Waals surface area (Å²) in [6, 6.07) is 8.29. The predicted octanol–water partition coefficient (Wildman–Crippen LogP) is 4.70. The molecule has 176 valence electrons. The Morgan fingerprint density at radius 1 is 1.21 bits per heavy atom. The van der Waals surface area contributed by atoms with Crippen LogP contribution in [-0.4, -0.2) is 43.6 Å². The Hall–Kier alpha value is -3.39. The minimum absolute atomic E-state index is 0.0986. The number of piperidine rings is 1. The van der Waals surface area contributed by atoms with Crippen LogP contribution in [-0.2, 0) is 6.54 Å². The number of halogens is 1. The van der Waals surface area contributed by atoms with E-state index >= 15 is 0 Å². The van der Waals surface area contributed by atoms with Crippen LogP contribution in [0.1, 0.15) is 32.5 Å². The number of rotatable bonds is 5. The molecule has 0 aliphatic carbocycles. The molecular weight excluding hydrogens is 433 g/mol. The van der Waals surface area contributed by atoms with Crippen LogP contribution < -0.4 is 10.3 Å². The van der Waals surface area contributed by atoms with Gasteiger partial charge in [0.25, 0.3) is 5.56 Å². The molecular formula is C26H28FN5O2. The van der Waals surface area contributed by atoms with Crippen molar-refractivity contribution < 1.29 is 9.13 Å². The zero-order chi connectivity index (χ0) is 23.8. The molecule has 0 bridgehead atoms. The summed E-state index contributed by atoms with van der Waals surface area (Å²) in [5.74, 6) is 1.33. The Balaban J connectivity index is 1.48. The Kier molecular flexibility index (Phi) is 6.00. The van der Waals surface area contributed by atoms with Crippen molar-refractivity contribution in [2.45, 2.75) is 46.2 Å². The molecule has 1 saturated heterocycles. The van der Waals surface area contributed by atoms with Crippen molar-refractivity contribution in [2.75, 3.05) is 13.1 Å². The fraction of sp³-hybridized carbons (Fsp3) is 0.385. The lowest BCUT2D eigenvalue weighted by atomic mass is 9.97. The van der Waals surface area contributed by atoms with Gasteiger partial charge in [0.2, 0.25) is 5.88 Å². The van der Waals surface area contributed by atoms with Crippen LogP contribution in [0.2, 0.25) is 0 Å². The molecule has 4 heterocycles. The summed E-state index contributed by atoms with van der Waals surface area (Å²) in [7, 11) is 0. The second kappa shape index (κ2) is 9.10. The summed E-state index contributed by atoms with van der Waals surface area (Å²) in [6.45, 7) is 9.03. The second-order valence-corrected chi connectivity index (χ2v) is 9.26. The summed E-state index contributed by atoms with van der Waals surface area (Å²) in [4.78, 5) is 29.2. The SMILES string of the molecule is Cc1nc2cnc(Oc3ccc(F)c4cccnc34)cc2c(=O)n1C[C@H]1CCCN(C(C)C)C1. The quantitative estimate of drug-likeness (QED) is 0.429. The number of hydrogen-bond donors (Lipinski definition) is 0. The number of hydrogen-bond acceptors (Lipinski definition) is 6. The molecule has 1 atom stereocenters. The van der Waals surface area contributed by atoms with Crippen LogP contribution in [0.25, 0.3) is 21.8 Å². The zero-order valence-electron chi connectivity index (χ0n) is 19.7. The number of likely N-dealkylation sites (tertiary alicyclic amines) is 1. The van der Waals surface area contributed by atoms with Crippen LogP contribution in [0.15, 0.2) is 47.5 Å². The van der Waals surface area contributed by atoms with Gasteiger partial charge in [-0.15, -0.1) is 0 Å². The molecule has 4 aromatic rings. The molecule has 3 aromatic heterocycles. The van der Waals surface area contributed by atoms with E-state index in [0.29, 0.717) is 51.9 Å². The van der Waals surface area contributed by atoms with Crippen molar-refractivity contribution >= 4 is 21.8 Å². The molecule has 1 aromatic carbocycles. The molecule has 8 heteroatoms. The fourth-order valence-corrected chi connectivity index (χ4v) is 4.77. The number of nitrogens with zero attached hydrogens (tertiary/aromatic N) is 5. The van der Waals surface area contributed by atoms with E-state index in [-0.39, 0.29) is 17.3 Å². The Morgan fingerprint density at radius 2 is 2.06 bits per heavy atom. The van der Waals surface area contributed by atoms with Gasteiger partial charge in [-0.1, -0.05) is 0 Å². The highest BCUT2D eigenvalue weighted by Crippen LogP contribution is 2.30. The van der Waals surface area contributed by atoms with E-state index in [2.05, 4.69) is 33.7 Å². The van der Waals surface area contributed by atoms with Crippen molar-refractivity contribution in [3.63, 3.8) is 0 Å². The Bertz CT molecular complexity index is 1420. The van der Waals surface area contributed by atoms with E-state index < -0.39 is 0 Å². The monoisotopic (exact) mass is 461 g/mol. The van der Waals surface area contributed by atoms with E-state index in [1.807, 2.05) is 6.92 Å². The molecule has 1 fully saturated rings. The maximum atomic E-state index is 14.1. The third-order valence-corrected chi connectivity index (χ3v) is 6.62. The number of fused-ring (bicyclic) bond motifs is 2. The first-order valence-corrected chi connectivity index (χ1v) is 11.7. The largest absolute Gasteiger partial charge is 0.437 e. The highest BCUT2D eigenvalue weighted by Gasteiger charge is 2.23. The van der Waals surface area contributed by atoms with Crippen LogP contribution in [0, 0.1) is 18.7 Å². The van der Waals surface area contributed by atoms with Gasteiger partial charge in [0, 0.05) is 36.8 Å². The molecule has 1 aliphatic heterocycles. The van der Waals surface area contributed by atoms with Crippen molar-refractivity contribution in [1.82, 2.24) is 24.4 Å². The highest BCUT2D eigenvalue weighted by atomic mass is 19.1. The van der Waals surface area contributed by atoms with E-state index in [4.69, 9.17) is 4.74 Å². The highest BCUT2D eigenvalue weighted by molar-refractivity contribution is 5.85. The number of pyridine rings is 2. The maximum absolute atomic E-state index is 14.1. The first-order valence-electron chi connectivity index (χ1n) is 11.7. The average molecular weight is 462 g/mol. The summed E-state index contributed by atoms with van der Waals surface area (Å²) < 4.78 is 21.9. The lowest BCUT2D eigenvalue weighted by molar-refractivity contribution is 0.129. The first kappa shape index (κ1) is 22.4. The standard InChI is InChI=1S/C26H28FN5O2/c1-16(2)31-11-5-6-18(14-31)15-32-17(3)30-22-13-29-24(12-20(22)26(32)33)34-23-9-8-21(27)19-7-4-10-28-25(19)23/h4,7-10,12-13,16,18H,5-6,11,14-15H2,1-3H3/t18-/m0/s1. The Morgan fingerprint density at radius 3 is 2.88 bits per heavy atom. The predicted molar refractivity (Wildman–Crippen MR) is 130 cm³/mol. The van der Waals surface area contributed by atoms with Gasteiger partial charge in [0.05, 0.1) is 17.1 Å². The smallest absolute Gasteiger partial charge is 0.261 e. The van der Waals surface area contributed by atoms with Crippen LogP contribution in [0.3, 0.4) is 0 Å². The topological polar surface area (TPSA) is 73.1 Å². The number of aromatic nitrogens is 4. The van der Waals surface area contributed by atoms with E-state index in [1.165, 1.54) is 12.1 Å². The summed E-state index contributed by atoms with van der Waals surface area (Å²) in [5.41, 5.74) is 0.829. The van der Waals surface area contributed by atoms with Gasteiger partial charge in [-0.25, -0.2) is 14.4 Å². The normalized spacial score (nSPS) is 17.0. The minimum Gasteiger partial charge on any atom is -0.437 e. The summed E-state index contributed by atoms with van der Waals surface area (Å²) in [5, 5.41) is 0.815. The van der Waals surface area contributed by atoms with Gasteiger partial charge in [0.15, 0.2) is 5.75 Å². The van der Waals surface area contributed by atoms with Gasteiger partial charge in [0.1, 0.15) is 17.2 Å². The molecule has 5 rings (SSSR count). The van der Waals surface area contributed by atoms with Gasteiger partial charge in [-0.3, -0.25) is 14.3 Å².